The van der Waals surface area contributed by atoms with Gasteiger partial charge in [0.05, 0.1) is 17.3 Å². The molecule has 0 radical (unpaired) electrons. The number of hydrogen-bond acceptors (Lipinski definition) is 4. The molecule has 21 heavy (non-hydrogen) atoms. The van der Waals surface area contributed by atoms with E-state index < -0.39 is 30.4 Å². The van der Waals surface area contributed by atoms with Crippen molar-refractivity contribution in [2.75, 3.05) is 18.4 Å². The molecule has 1 saturated heterocycles. The fourth-order valence-corrected chi connectivity index (χ4v) is 2.05. The highest BCUT2D eigenvalue weighted by molar-refractivity contribution is 6.34. The minimum absolute atomic E-state index is 0.00736. The van der Waals surface area contributed by atoms with Crippen LogP contribution in [0.15, 0.2) is 18.2 Å². The quantitative estimate of drug-likeness (QED) is 0.701. The summed E-state index contributed by atoms with van der Waals surface area (Å²) in [5.74, 6) is -2.53. The molecule has 0 bridgehead atoms. The molecule has 0 aromatic heterocycles. The van der Waals surface area contributed by atoms with Gasteiger partial charge in [0.25, 0.3) is 5.91 Å². The molecule has 0 atom stereocenters. The zero-order valence-corrected chi connectivity index (χ0v) is 11.3. The molecule has 4 amide bonds. The van der Waals surface area contributed by atoms with Gasteiger partial charge in [0, 0.05) is 0 Å². The van der Waals surface area contributed by atoms with Crippen LogP contribution in [-0.4, -0.2) is 46.9 Å². The van der Waals surface area contributed by atoms with Crippen LogP contribution in [0.3, 0.4) is 0 Å². The van der Waals surface area contributed by atoms with E-state index in [0.717, 1.165) is 4.90 Å². The number of aromatic carboxylic acids is 1. The SMILES string of the molecule is O=C(CN1C(=O)CNC1=O)Nc1cccc(Cl)c1C(=O)O. The molecule has 0 unspecified atom stereocenters. The van der Waals surface area contributed by atoms with Gasteiger partial charge in [0.2, 0.25) is 5.91 Å². The molecule has 110 valence electrons. The van der Waals surface area contributed by atoms with Crippen LogP contribution in [0.25, 0.3) is 0 Å². The molecule has 2 rings (SSSR count). The number of benzene rings is 1. The molecule has 0 aliphatic carbocycles. The van der Waals surface area contributed by atoms with Crippen LogP contribution in [-0.2, 0) is 9.59 Å². The Bertz CT molecular complexity index is 630. The van der Waals surface area contributed by atoms with Crippen molar-refractivity contribution >= 4 is 41.1 Å². The number of anilines is 1. The van der Waals surface area contributed by atoms with E-state index in [1.54, 1.807) is 0 Å². The summed E-state index contributed by atoms with van der Waals surface area (Å²) >= 11 is 5.76. The lowest BCUT2D eigenvalue weighted by Gasteiger charge is -2.13. The molecule has 3 N–H and O–H groups in total. The Kier molecular flexibility index (Phi) is 4.08. The van der Waals surface area contributed by atoms with Gasteiger partial charge in [0.15, 0.2) is 0 Å². The topological polar surface area (TPSA) is 116 Å². The maximum absolute atomic E-state index is 11.8. The summed E-state index contributed by atoms with van der Waals surface area (Å²) < 4.78 is 0. The monoisotopic (exact) mass is 311 g/mol. The number of halogens is 1. The smallest absolute Gasteiger partial charge is 0.339 e. The molecule has 0 spiro atoms. The van der Waals surface area contributed by atoms with Gasteiger partial charge in [-0.25, -0.2) is 9.59 Å². The van der Waals surface area contributed by atoms with Crippen LogP contribution in [0.4, 0.5) is 10.5 Å². The van der Waals surface area contributed by atoms with Crippen molar-refractivity contribution < 1.29 is 24.3 Å². The summed E-state index contributed by atoms with van der Waals surface area (Å²) in [6.07, 6.45) is 0. The minimum atomic E-state index is -1.30. The molecular weight excluding hydrogens is 302 g/mol. The maximum Gasteiger partial charge on any atom is 0.339 e. The molecule has 1 heterocycles. The Morgan fingerprint density at radius 3 is 2.67 bits per heavy atom. The number of amides is 4. The Morgan fingerprint density at radius 1 is 1.38 bits per heavy atom. The van der Waals surface area contributed by atoms with Gasteiger partial charge < -0.3 is 15.7 Å². The summed E-state index contributed by atoms with van der Waals surface area (Å²) in [4.78, 5) is 46.3. The zero-order chi connectivity index (χ0) is 15.6. The number of carbonyl (C=O) groups is 4. The van der Waals surface area contributed by atoms with E-state index >= 15 is 0 Å². The lowest BCUT2D eigenvalue weighted by Crippen LogP contribution is -2.38. The largest absolute Gasteiger partial charge is 0.478 e. The van der Waals surface area contributed by atoms with Gasteiger partial charge in [-0.05, 0) is 12.1 Å². The highest BCUT2D eigenvalue weighted by Gasteiger charge is 2.30. The second-order valence-corrected chi connectivity index (χ2v) is 4.56. The number of carbonyl (C=O) groups excluding carboxylic acids is 3. The van der Waals surface area contributed by atoms with Crippen LogP contribution in [0.2, 0.25) is 5.02 Å². The van der Waals surface area contributed by atoms with Gasteiger partial charge >= 0.3 is 12.0 Å². The van der Waals surface area contributed by atoms with E-state index in [-0.39, 0.29) is 22.8 Å². The number of nitrogens with one attached hydrogen (secondary N) is 2. The average molecular weight is 312 g/mol. The fourth-order valence-electron chi connectivity index (χ4n) is 1.79. The van der Waals surface area contributed by atoms with Crippen molar-refractivity contribution in [2.45, 2.75) is 0 Å². The normalized spacial score (nSPS) is 14.0. The van der Waals surface area contributed by atoms with E-state index in [1.165, 1.54) is 18.2 Å². The van der Waals surface area contributed by atoms with Gasteiger partial charge in [-0.3, -0.25) is 14.5 Å². The maximum atomic E-state index is 11.8. The van der Waals surface area contributed by atoms with E-state index in [9.17, 15) is 19.2 Å². The first-order valence-corrected chi connectivity index (χ1v) is 6.18. The number of urea groups is 1. The van der Waals surface area contributed by atoms with Crippen molar-refractivity contribution in [1.29, 1.82) is 0 Å². The molecule has 1 aliphatic rings. The third-order valence-electron chi connectivity index (χ3n) is 2.74. The van der Waals surface area contributed by atoms with Crippen molar-refractivity contribution in [1.82, 2.24) is 10.2 Å². The van der Waals surface area contributed by atoms with Crippen molar-refractivity contribution in [3.8, 4) is 0 Å². The molecule has 1 aromatic carbocycles. The standard InChI is InChI=1S/C12H10ClN3O5/c13-6-2-1-3-7(10(6)11(19)20)15-8(17)5-16-9(18)4-14-12(16)21/h1-3H,4-5H2,(H,14,21)(H,15,17)(H,19,20). The number of hydrogen-bond donors (Lipinski definition) is 3. The molecule has 1 aromatic rings. The summed E-state index contributed by atoms with van der Waals surface area (Å²) in [6, 6.07) is 3.54. The van der Waals surface area contributed by atoms with Crippen LogP contribution < -0.4 is 10.6 Å². The van der Waals surface area contributed by atoms with E-state index in [1.807, 2.05) is 0 Å². The van der Waals surface area contributed by atoms with Gasteiger partial charge in [-0.2, -0.15) is 0 Å². The first-order chi connectivity index (χ1) is 9.90. The van der Waals surface area contributed by atoms with Crippen LogP contribution in [0.5, 0.6) is 0 Å². The molecule has 9 heteroatoms. The first-order valence-electron chi connectivity index (χ1n) is 5.80. The minimum Gasteiger partial charge on any atom is -0.478 e. The second-order valence-electron chi connectivity index (χ2n) is 4.15. The summed E-state index contributed by atoms with van der Waals surface area (Å²) in [5.41, 5.74) is -0.267. The average Bonchev–Trinajstić information content (AvgIpc) is 2.70. The van der Waals surface area contributed by atoms with Crippen molar-refractivity contribution in [3.63, 3.8) is 0 Å². The lowest BCUT2D eigenvalue weighted by atomic mass is 10.1. The van der Waals surface area contributed by atoms with E-state index in [0.29, 0.717) is 0 Å². The fraction of sp³-hybridized carbons (Fsp3) is 0.167. The Hall–Kier alpha value is -2.61. The molecule has 1 aliphatic heterocycles. The number of nitrogens with zero attached hydrogens (tertiary/aromatic N) is 1. The van der Waals surface area contributed by atoms with Gasteiger partial charge in [-0.15, -0.1) is 0 Å². The number of rotatable bonds is 4. The van der Waals surface area contributed by atoms with Crippen LogP contribution in [0, 0.1) is 0 Å². The predicted octanol–water partition coefficient (Wildman–Crippen LogP) is 0.528. The van der Waals surface area contributed by atoms with Crippen LogP contribution in [0.1, 0.15) is 10.4 Å². The number of imide groups is 1. The molecule has 0 saturated carbocycles. The van der Waals surface area contributed by atoms with Gasteiger partial charge in [0.1, 0.15) is 12.1 Å². The predicted molar refractivity (Wildman–Crippen MR) is 72.2 cm³/mol. The molecule has 8 nitrogen and oxygen atoms in total. The second kappa shape index (κ2) is 5.80. The van der Waals surface area contributed by atoms with E-state index in [4.69, 9.17) is 16.7 Å². The highest BCUT2D eigenvalue weighted by atomic mass is 35.5. The van der Waals surface area contributed by atoms with Crippen molar-refractivity contribution in [3.05, 3.63) is 28.8 Å². The lowest BCUT2D eigenvalue weighted by molar-refractivity contribution is -0.128. The Morgan fingerprint density at radius 2 is 2.10 bits per heavy atom. The summed E-state index contributed by atoms with van der Waals surface area (Å²) in [5, 5.41) is 13.6. The third kappa shape index (κ3) is 3.11. The number of carboxylic acids is 1. The van der Waals surface area contributed by atoms with Crippen LogP contribution >= 0.6 is 11.6 Å². The molecular formula is C12H10ClN3O5. The van der Waals surface area contributed by atoms with Gasteiger partial charge in [-0.1, -0.05) is 17.7 Å². The Labute approximate surface area is 123 Å². The highest BCUT2D eigenvalue weighted by Crippen LogP contribution is 2.24. The third-order valence-corrected chi connectivity index (χ3v) is 3.06. The zero-order valence-electron chi connectivity index (χ0n) is 10.6. The number of carboxylic acid groups (broad SMARTS) is 1. The summed E-state index contributed by atoms with van der Waals surface area (Å²) in [6.45, 7) is -0.667. The van der Waals surface area contributed by atoms with Crippen molar-refractivity contribution in [2.24, 2.45) is 0 Å². The molecule has 1 fully saturated rings. The first kappa shape index (κ1) is 14.8. The van der Waals surface area contributed by atoms with E-state index in [2.05, 4.69) is 10.6 Å². The summed E-state index contributed by atoms with van der Waals surface area (Å²) in [7, 11) is 0. The Balaban J connectivity index is 2.13.